The first-order valence-electron chi connectivity index (χ1n) is 4.84. The van der Waals surface area contributed by atoms with Gasteiger partial charge < -0.3 is 5.73 Å². The van der Waals surface area contributed by atoms with Gasteiger partial charge in [0.05, 0.1) is 0 Å². The molecule has 16 heavy (non-hydrogen) atoms. The Hall–Kier alpha value is -2.43. The number of aromatic nitrogens is 4. The smallest absolute Gasteiger partial charge is 0.149 e. The second kappa shape index (κ2) is 3.30. The Morgan fingerprint density at radius 2 is 2.12 bits per heavy atom. The molecule has 0 saturated carbocycles. The summed E-state index contributed by atoms with van der Waals surface area (Å²) in [5, 5.41) is 0.978. The van der Waals surface area contributed by atoms with Gasteiger partial charge in [-0.05, 0) is 18.2 Å². The van der Waals surface area contributed by atoms with Gasteiger partial charge in [-0.2, -0.15) is 0 Å². The average molecular weight is 211 g/mol. The van der Waals surface area contributed by atoms with Gasteiger partial charge in [0.15, 0.2) is 0 Å². The van der Waals surface area contributed by atoms with Gasteiger partial charge in [0, 0.05) is 17.8 Å². The molecule has 3 aromatic rings. The maximum atomic E-state index is 5.65. The molecule has 3 aromatic heterocycles. The van der Waals surface area contributed by atoms with E-state index in [2.05, 4.69) is 15.0 Å². The summed E-state index contributed by atoms with van der Waals surface area (Å²) in [5.41, 5.74) is 6.48. The fourth-order valence-corrected chi connectivity index (χ4v) is 1.64. The van der Waals surface area contributed by atoms with Crippen LogP contribution in [0.3, 0.4) is 0 Å². The molecule has 2 N–H and O–H groups in total. The molecule has 3 rings (SSSR count). The summed E-state index contributed by atoms with van der Waals surface area (Å²) < 4.78 is 1.88. The average Bonchev–Trinajstić information content (AvgIpc) is 2.72. The lowest BCUT2D eigenvalue weighted by atomic mass is 10.4. The number of rotatable bonds is 1. The fourth-order valence-electron chi connectivity index (χ4n) is 1.64. The summed E-state index contributed by atoms with van der Waals surface area (Å²) in [4.78, 5) is 12.4. The molecule has 5 nitrogen and oxygen atoms in total. The van der Waals surface area contributed by atoms with Crippen LogP contribution < -0.4 is 5.73 Å². The zero-order chi connectivity index (χ0) is 11.0. The minimum atomic E-state index is 0.494. The molecule has 0 radical (unpaired) electrons. The summed E-state index contributed by atoms with van der Waals surface area (Å²) >= 11 is 0. The Labute approximate surface area is 91.6 Å². The second-order valence-corrected chi connectivity index (χ2v) is 3.41. The number of fused-ring (bicyclic) bond motifs is 1. The molecule has 0 bridgehead atoms. The van der Waals surface area contributed by atoms with Gasteiger partial charge in [0.1, 0.15) is 23.6 Å². The third-order valence-corrected chi connectivity index (χ3v) is 2.35. The van der Waals surface area contributed by atoms with Gasteiger partial charge in [-0.25, -0.2) is 15.0 Å². The van der Waals surface area contributed by atoms with Crippen molar-refractivity contribution in [1.82, 2.24) is 19.5 Å². The normalized spacial score (nSPS) is 10.8. The van der Waals surface area contributed by atoms with Gasteiger partial charge in [-0.1, -0.05) is 6.07 Å². The van der Waals surface area contributed by atoms with E-state index >= 15 is 0 Å². The van der Waals surface area contributed by atoms with Crippen molar-refractivity contribution >= 4 is 16.9 Å². The van der Waals surface area contributed by atoms with E-state index in [0.29, 0.717) is 5.82 Å². The Balaban J connectivity index is 2.26. The van der Waals surface area contributed by atoms with Crippen LogP contribution in [0.2, 0.25) is 0 Å². The molecule has 78 valence electrons. The molecule has 3 heterocycles. The molecule has 0 aliphatic heterocycles. The van der Waals surface area contributed by atoms with Crippen molar-refractivity contribution in [1.29, 1.82) is 0 Å². The predicted molar refractivity (Wildman–Crippen MR) is 61.1 cm³/mol. The molecule has 0 aliphatic carbocycles. The van der Waals surface area contributed by atoms with Gasteiger partial charge in [-0.3, -0.25) is 4.57 Å². The van der Waals surface area contributed by atoms with E-state index in [1.54, 1.807) is 12.3 Å². The van der Waals surface area contributed by atoms with E-state index in [0.717, 1.165) is 16.9 Å². The lowest BCUT2D eigenvalue weighted by molar-refractivity contribution is 1.02. The van der Waals surface area contributed by atoms with Crippen LogP contribution in [0.1, 0.15) is 0 Å². The first-order chi connectivity index (χ1) is 7.84. The van der Waals surface area contributed by atoms with Crippen LogP contribution in [0.5, 0.6) is 0 Å². The lowest BCUT2D eigenvalue weighted by Gasteiger charge is -2.03. The zero-order valence-electron chi connectivity index (χ0n) is 8.41. The molecular formula is C11H9N5. The first-order valence-corrected chi connectivity index (χ1v) is 4.84. The summed E-state index contributed by atoms with van der Waals surface area (Å²) in [6.07, 6.45) is 5.19. The van der Waals surface area contributed by atoms with Crippen LogP contribution in [-0.2, 0) is 0 Å². The number of hydrogen-bond acceptors (Lipinski definition) is 4. The zero-order valence-corrected chi connectivity index (χ0v) is 8.41. The third-order valence-electron chi connectivity index (χ3n) is 2.35. The van der Waals surface area contributed by atoms with Crippen molar-refractivity contribution in [2.45, 2.75) is 0 Å². The highest BCUT2D eigenvalue weighted by atomic mass is 15.1. The molecular weight excluding hydrogens is 202 g/mol. The molecule has 0 atom stereocenters. The molecule has 5 heteroatoms. The van der Waals surface area contributed by atoms with Crippen LogP contribution in [0.25, 0.3) is 16.9 Å². The fraction of sp³-hybridized carbons (Fsp3) is 0. The number of anilines is 1. The molecule has 0 saturated heterocycles. The number of nitrogen functional groups attached to an aromatic ring is 1. The summed E-state index contributed by atoms with van der Waals surface area (Å²) in [5.74, 6) is 1.25. The minimum absolute atomic E-state index is 0.494. The maximum Gasteiger partial charge on any atom is 0.149 e. The quantitative estimate of drug-likeness (QED) is 0.660. The van der Waals surface area contributed by atoms with Crippen molar-refractivity contribution in [2.24, 2.45) is 0 Å². The SMILES string of the molecule is Nc1cccc(-n2ccc3cncnc32)n1. The molecule has 0 aromatic carbocycles. The van der Waals surface area contributed by atoms with E-state index in [1.165, 1.54) is 6.33 Å². The molecule has 0 spiro atoms. The lowest BCUT2D eigenvalue weighted by Crippen LogP contribution is -1.99. The van der Waals surface area contributed by atoms with Crippen LogP contribution in [0.15, 0.2) is 43.0 Å². The highest BCUT2D eigenvalue weighted by Crippen LogP contribution is 2.16. The Morgan fingerprint density at radius 1 is 1.19 bits per heavy atom. The Bertz CT molecular complexity index is 643. The summed E-state index contributed by atoms with van der Waals surface area (Å²) in [6.45, 7) is 0. The number of pyridine rings is 1. The van der Waals surface area contributed by atoms with Gasteiger partial charge in [0.25, 0.3) is 0 Å². The van der Waals surface area contributed by atoms with E-state index in [-0.39, 0.29) is 0 Å². The van der Waals surface area contributed by atoms with Crippen molar-refractivity contribution < 1.29 is 0 Å². The first kappa shape index (κ1) is 8.84. The maximum absolute atomic E-state index is 5.65. The van der Waals surface area contributed by atoms with Crippen molar-refractivity contribution in [3.05, 3.63) is 43.0 Å². The van der Waals surface area contributed by atoms with Crippen molar-refractivity contribution in [3.63, 3.8) is 0 Å². The monoisotopic (exact) mass is 211 g/mol. The van der Waals surface area contributed by atoms with Gasteiger partial charge in [0.2, 0.25) is 0 Å². The van der Waals surface area contributed by atoms with Crippen LogP contribution in [-0.4, -0.2) is 19.5 Å². The van der Waals surface area contributed by atoms with Crippen molar-refractivity contribution in [3.8, 4) is 5.82 Å². The number of nitrogens with zero attached hydrogens (tertiary/aromatic N) is 4. The van der Waals surface area contributed by atoms with Crippen LogP contribution in [0, 0.1) is 0 Å². The Morgan fingerprint density at radius 3 is 3.00 bits per heavy atom. The molecule has 0 unspecified atom stereocenters. The topological polar surface area (TPSA) is 69.6 Å². The van der Waals surface area contributed by atoms with E-state index in [4.69, 9.17) is 5.73 Å². The van der Waals surface area contributed by atoms with E-state index in [1.807, 2.05) is 29.0 Å². The second-order valence-electron chi connectivity index (χ2n) is 3.41. The van der Waals surface area contributed by atoms with Crippen LogP contribution >= 0.6 is 0 Å². The van der Waals surface area contributed by atoms with Crippen LogP contribution in [0.4, 0.5) is 5.82 Å². The standard InChI is InChI=1S/C11H9N5/c12-9-2-1-3-10(15-9)16-5-4-8-6-13-7-14-11(8)16/h1-7H,(H2,12,15). The third kappa shape index (κ3) is 1.30. The highest BCUT2D eigenvalue weighted by Gasteiger charge is 2.04. The largest absolute Gasteiger partial charge is 0.384 e. The molecule has 0 aliphatic rings. The molecule has 0 fully saturated rings. The predicted octanol–water partition coefficient (Wildman–Crippen LogP) is 1.40. The van der Waals surface area contributed by atoms with Crippen molar-refractivity contribution in [2.75, 3.05) is 5.73 Å². The number of nitrogens with two attached hydrogens (primary N) is 1. The van der Waals surface area contributed by atoms with Gasteiger partial charge >= 0.3 is 0 Å². The van der Waals surface area contributed by atoms with E-state index in [9.17, 15) is 0 Å². The molecule has 0 amide bonds. The minimum Gasteiger partial charge on any atom is -0.384 e. The number of hydrogen-bond donors (Lipinski definition) is 1. The Kier molecular flexibility index (Phi) is 1.83. The highest BCUT2D eigenvalue weighted by molar-refractivity contribution is 5.76. The summed E-state index contributed by atoms with van der Waals surface area (Å²) in [6, 6.07) is 7.45. The summed E-state index contributed by atoms with van der Waals surface area (Å²) in [7, 11) is 0. The van der Waals surface area contributed by atoms with Gasteiger partial charge in [-0.15, -0.1) is 0 Å². The van der Waals surface area contributed by atoms with E-state index < -0.39 is 0 Å².